The van der Waals surface area contributed by atoms with Crippen molar-refractivity contribution in [2.45, 2.75) is 0 Å². The molecule has 0 spiro atoms. The molecule has 0 aromatic heterocycles. The van der Waals surface area contributed by atoms with Crippen molar-refractivity contribution in [2.75, 3.05) is 19.0 Å². The molecular weight excluding hydrogens is 206 g/mol. The predicted octanol–water partition coefficient (Wildman–Crippen LogP) is 1.28. The summed E-state index contributed by atoms with van der Waals surface area (Å²) in [7, 11) is 1.53. The van der Waals surface area contributed by atoms with Gasteiger partial charge in [0, 0.05) is 6.07 Å². The molecule has 76 valence electrons. The van der Waals surface area contributed by atoms with Gasteiger partial charge in [0.25, 0.3) is 0 Å². The van der Waals surface area contributed by atoms with Crippen molar-refractivity contribution in [1.82, 2.24) is 0 Å². The molecule has 0 saturated carbocycles. The van der Waals surface area contributed by atoms with Gasteiger partial charge in [-0.2, -0.15) is 0 Å². The number of hydrogen-bond donors (Lipinski definition) is 2. The van der Waals surface area contributed by atoms with Crippen LogP contribution in [0.5, 0.6) is 5.75 Å². The van der Waals surface area contributed by atoms with Gasteiger partial charge >= 0.3 is 0 Å². The molecule has 5 heteroatoms. The summed E-state index contributed by atoms with van der Waals surface area (Å²) in [6, 6.07) is 4.85. The zero-order valence-electron chi connectivity index (χ0n) is 7.58. The smallest absolute Gasteiger partial charge is 0.250 e. The highest BCUT2D eigenvalue weighted by molar-refractivity contribution is 6.33. The van der Waals surface area contributed by atoms with Crippen LogP contribution in [-0.2, 0) is 4.79 Å². The van der Waals surface area contributed by atoms with Gasteiger partial charge in [0.15, 0.2) is 0 Å². The summed E-state index contributed by atoms with van der Waals surface area (Å²) in [4.78, 5) is 10.8. The Morgan fingerprint density at radius 1 is 1.64 bits per heavy atom. The molecule has 1 aromatic rings. The van der Waals surface area contributed by atoms with Gasteiger partial charge in [-0.05, 0) is 12.1 Å². The van der Waals surface area contributed by atoms with Crippen molar-refractivity contribution in [1.29, 1.82) is 0 Å². The number of aliphatic hydroxyl groups is 1. The molecule has 0 heterocycles. The number of rotatable bonds is 3. The van der Waals surface area contributed by atoms with Crippen LogP contribution in [0.3, 0.4) is 0 Å². The molecule has 2 N–H and O–H groups in total. The first kappa shape index (κ1) is 10.8. The second-order valence-corrected chi connectivity index (χ2v) is 2.96. The van der Waals surface area contributed by atoms with Crippen molar-refractivity contribution < 1.29 is 14.6 Å². The van der Waals surface area contributed by atoms with Crippen LogP contribution in [0.25, 0.3) is 0 Å². The molecule has 0 fully saturated rings. The maximum Gasteiger partial charge on any atom is 0.250 e. The molecule has 0 radical (unpaired) electrons. The number of nitrogens with one attached hydrogen (secondary N) is 1. The SMILES string of the molecule is COc1ccc(NC(=O)CO)c(Cl)c1. The largest absolute Gasteiger partial charge is 0.497 e. The maximum absolute atomic E-state index is 10.8. The van der Waals surface area contributed by atoms with E-state index in [0.29, 0.717) is 16.5 Å². The number of carbonyl (C=O) groups is 1. The minimum absolute atomic E-state index is 0.367. The number of benzene rings is 1. The second-order valence-electron chi connectivity index (χ2n) is 2.55. The molecule has 0 aliphatic heterocycles. The Balaban J connectivity index is 2.83. The molecule has 14 heavy (non-hydrogen) atoms. The van der Waals surface area contributed by atoms with Crippen LogP contribution in [0.4, 0.5) is 5.69 Å². The first-order valence-electron chi connectivity index (χ1n) is 3.91. The monoisotopic (exact) mass is 215 g/mol. The minimum Gasteiger partial charge on any atom is -0.497 e. The Morgan fingerprint density at radius 2 is 2.36 bits per heavy atom. The standard InChI is InChI=1S/C9H10ClNO3/c1-14-6-2-3-8(7(10)4-6)11-9(13)5-12/h2-4,12H,5H2,1H3,(H,11,13). The van der Waals surface area contributed by atoms with Gasteiger partial charge in [-0.3, -0.25) is 4.79 Å². The number of anilines is 1. The quantitative estimate of drug-likeness (QED) is 0.799. The highest BCUT2D eigenvalue weighted by atomic mass is 35.5. The lowest BCUT2D eigenvalue weighted by Crippen LogP contribution is -2.15. The first-order valence-corrected chi connectivity index (χ1v) is 4.29. The highest BCUT2D eigenvalue weighted by Crippen LogP contribution is 2.26. The van der Waals surface area contributed by atoms with E-state index in [4.69, 9.17) is 21.4 Å². The minimum atomic E-state index is -0.567. The van der Waals surface area contributed by atoms with E-state index >= 15 is 0 Å². The number of ether oxygens (including phenoxy) is 1. The van der Waals surface area contributed by atoms with E-state index in [2.05, 4.69) is 5.32 Å². The summed E-state index contributed by atoms with van der Waals surface area (Å²) >= 11 is 5.83. The van der Waals surface area contributed by atoms with Crippen LogP contribution in [0.2, 0.25) is 5.02 Å². The summed E-state index contributed by atoms with van der Waals surface area (Å²) in [5.41, 5.74) is 0.450. The first-order chi connectivity index (χ1) is 6.67. The van der Waals surface area contributed by atoms with Crippen molar-refractivity contribution in [3.8, 4) is 5.75 Å². The number of amides is 1. The summed E-state index contributed by atoms with van der Waals surface area (Å²) in [6.45, 7) is -0.567. The van der Waals surface area contributed by atoms with Crippen molar-refractivity contribution >= 4 is 23.2 Å². The van der Waals surface area contributed by atoms with E-state index in [-0.39, 0.29) is 0 Å². The topological polar surface area (TPSA) is 58.6 Å². The number of hydrogen-bond acceptors (Lipinski definition) is 3. The molecule has 0 aliphatic rings. The number of halogens is 1. The lowest BCUT2D eigenvalue weighted by Gasteiger charge is -2.07. The fourth-order valence-electron chi connectivity index (χ4n) is 0.914. The lowest BCUT2D eigenvalue weighted by atomic mass is 10.3. The molecule has 0 aliphatic carbocycles. The highest BCUT2D eigenvalue weighted by Gasteiger charge is 2.05. The molecule has 1 amide bonds. The zero-order valence-corrected chi connectivity index (χ0v) is 8.34. The average molecular weight is 216 g/mol. The summed E-state index contributed by atoms with van der Waals surface area (Å²) in [5.74, 6) is 0.106. The fourth-order valence-corrected chi connectivity index (χ4v) is 1.13. The van der Waals surface area contributed by atoms with E-state index in [9.17, 15) is 4.79 Å². The number of aliphatic hydroxyl groups excluding tert-OH is 1. The molecular formula is C9H10ClNO3. The molecule has 0 bridgehead atoms. The third kappa shape index (κ3) is 2.61. The Labute approximate surface area is 86.4 Å². The Kier molecular flexibility index (Phi) is 3.73. The Bertz CT molecular complexity index is 341. The van der Waals surface area contributed by atoms with E-state index in [0.717, 1.165) is 0 Å². The zero-order chi connectivity index (χ0) is 10.6. The second kappa shape index (κ2) is 4.83. The van der Waals surface area contributed by atoms with Gasteiger partial charge in [0.05, 0.1) is 17.8 Å². The summed E-state index contributed by atoms with van der Waals surface area (Å²) < 4.78 is 4.93. The molecule has 0 atom stereocenters. The lowest BCUT2D eigenvalue weighted by molar-refractivity contribution is -0.118. The van der Waals surface area contributed by atoms with Crippen molar-refractivity contribution in [2.24, 2.45) is 0 Å². The van der Waals surface area contributed by atoms with Crippen molar-refractivity contribution in [3.05, 3.63) is 23.2 Å². The summed E-state index contributed by atoms with van der Waals surface area (Å²) in [5, 5.41) is 11.3. The fraction of sp³-hybridized carbons (Fsp3) is 0.222. The van der Waals surface area contributed by atoms with Crippen LogP contribution >= 0.6 is 11.6 Å². The number of carbonyl (C=O) groups excluding carboxylic acids is 1. The van der Waals surface area contributed by atoms with Gasteiger partial charge in [-0.25, -0.2) is 0 Å². The molecule has 4 nitrogen and oxygen atoms in total. The third-order valence-corrected chi connectivity index (χ3v) is 1.91. The predicted molar refractivity (Wildman–Crippen MR) is 53.7 cm³/mol. The van der Waals surface area contributed by atoms with Gasteiger partial charge in [-0.15, -0.1) is 0 Å². The van der Waals surface area contributed by atoms with Crippen LogP contribution in [0, 0.1) is 0 Å². The van der Waals surface area contributed by atoms with E-state index < -0.39 is 12.5 Å². The third-order valence-electron chi connectivity index (χ3n) is 1.59. The Morgan fingerprint density at radius 3 is 2.86 bits per heavy atom. The molecule has 0 saturated heterocycles. The Hall–Kier alpha value is -1.26. The maximum atomic E-state index is 10.8. The number of methoxy groups -OCH3 is 1. The molecule has 0 unspecified atom stereocenters. The van der Waals surface area contributed by atoms with Crippen LogP contribution in [0.1, 0.15) is 0 Å². The van der Waals surface area contributed by atoms with E-state index in [1.165, 1.54) is 7.11 Å². The molecule has 1 rings (SSSR count). The molecule has 1 aromatic carbocycles. The summed E-state index contributed by atoms with van der Waals surface area (Å²) in [6.07, 6.45) is 0. The van der Waals surface area contributed by atoms with Crippen molar-refractivity contribution in [3.63, 3.8) is 0 Å². The van der Waals surface area contributed by atoms with E-state index in [1.807, 2.05) is 0 Å². The van der Waals surface area contributed by atoms with Gasteiger partial charge in [0.1, 0.15) is 12.4 Å². The van der Waals surface area contributed by atoms with Crippen LogP contribution in [-0.4, -0.2) is 24.7 Å². The van der Waals surface area contributed by atoms with Crippen LogP contribution < -0.4 is 10.1 Å². The van der Waals surface area contributed by atoms with Crippen LogP contribution in [0.15, 0.2) is 18.2 Å². The normalized spacial score (nSPS) is 9.64. The van der Waals surface area contributed by atoms with E-state index in [1.54, 1.807) is 18.2 Å². The van der Waals surface area contributed by atoms with Gasteiger partial charge in [0.2, 0.25) is 5.91 Å². The van der Waals surface area contributed by atoms with Gasteiger partial charge < -0.3 is 15.2 Å². The van der Waals surface area contributed by atoms with Gasteiger partial charge in [-0.1, -0.05) is 11.6 Å². The average Bonchev–Trinajstić information content (AvgIpc) is 2.20.